The molecule has 1 amide bonds. The van der Waals surface area contributed by atoms with Crippen LogP contribution in [0.25, 0.3) is 0 Å². The summed E-state index contributed by atoms with van der Waals surface area (Å²) >= 11 is 5.95. The Morgan fingerprint density at radius 2 is 1.72 bits per heavy atom. The molecule has 7 nitrogen and oxygen atoms in total. The number of rotatable bonds is 7. The van der Waals surface area contributed by atoms with E-state index in [0.29, 0.717) is 16.5 Å². The third kappa shape index (κ3) is 5.58. The highest BCUT2D eigenvalue weighted by Gasteiger charge is 2.31. The molecular formula is C20H18ClNO6S. The van der Waals surface area contributed by atoms with Gasteiger partial charge in [0.15, 0.2) is 23.1 Å². The summed E-state index contributed by atoms with van der Waals surface area (Å²) < 4.78 is 33.8. The molecule has 1 aliphatic rings. The molecule has 0 fully saturated rings. The van der Waals surface area contributed by atoms with Crippen LogP contribution in [-0.4, -0.2) is 45.3 Å². The van der Waals surface area contributed by atoms with Crippen molar-refractivity contribution < 1.29 is 27.5 Å². The third-order valence-corrected chi connectivity index (χ3v) is 5.77. The number of hydrogen-bond acceptors (Lipinski definition) is 6. The number of benzene rings is 2. The summed E-state index contributed by atoms with van der Waals surface area (Å²) in [6.45, 7) is -0.968. The number of amides is 1. The number of esters is 1. The smallest absolute Gasteiger partial charge is 0.344 e. The lowest BCUT2D eigenvalue weighted by molar-refractivity contribution is -0.149. The van der Waals surface area contributed by atoms with Gasteiger partial charge in [0.1, 0.15) is 5.75 Å². The first-order valence-corrected chi connectivity index (χ1v) is 10.8. The molecule has 0 N–H and O–H groups in total. The molecule has 0 radical (unpaired) electrons. The van der Waals surface area contributed by atoms with E-state index in [9.17, 15) is 18.0 Å². The van der Waals surface area contributed by atoms with Crippen molar-refractivity contribution in [3.05, 3.63) is 71.1 Å². The molecular weight excluding hydrogens is 418 g/mol. The van der Waals surface area contributed by atoms with Crippen LogP contribution in [0.3, 0.4) is 0 Å². The van der Waals surface area contributed by atoms with E-state index < -0.39 is 41.0 Å². The number of anilines is 1. The molecule has 9 heteroatoms. The van der Waals surface area contributed by atoms with Crippen molar-refractivity contribution in [3.63, 3.8) is 0 Å². The molecule has 1 atom stereocenters. The zero-order valence-corrected chi connectivity index (χ0v) is 16.8. The fourth-order valence-corrected chi connectivity index (χ4v) is 4.24. The van der Waals surface area contributed by atoms with Gasteiger partial charge in [-0.1, -0.05) is 41.9 Å². The summed E-state index contributed by atoms with van der Waals surface area (Å²) in [4.78, 5) is 26.0. The first-order valence-electron chi connectivity index (χ1n) is 8.67. The van der Waals surface area contributed by atoms with Gasteiger partial charge >= 0.3 is 5.97 Å². The predicted molar refractivity (Wildman–Crippen MR) is 109 cm³/mol. The van der Waals surface area contributed by atoms with Gasteiger partial charge in [-0.25, -0.2) is 13.2 Å². The molecule has 1 aliphatic heterocycles. The van der Waals surface area contributed by atoms with E-state index in [1.54, 1.807) is 54.6 Å². The van der Waals surface area contributed by atoms with E-state index >= 15 is 0 Å². The summed E-state index contributed by atoms with van der Waals surface area (Å²) in [5, 5.41) is 1.44. The van der Waals surface area contributed by atoms with Gasteiger partial charge in [-0.15, -0.1) is 0 Å². The predicted octanol–water partition coefficient (Wildman–Crippen LogP) is 2.61. The molecule has 0 bridgehead atoms. The molecule has 1 heterocycles. The second-order valence-corrected chi connectivity index (χ2v) is 8.54. The van der Waals surface area contributed by atoms with Gasteiger partial charge in [0, 0.05) is 11.1 Å². The van der Waals surface area contributed by atoms with Crippen LogP contribution in [0.2, 0.25) is 5.02 Å². The number of hydrogen-bond donors (Lipinski definition) is 0. The lowest BCUT2D eigenvalue weighted by Crippen LogP contribution is -2.43. The van der Waals surface area contributed by atoms with Crippen LogP contribution in [0.15, 0.2) is 66.1 Å². The highest BCUT2D eigenvalue weighted by molar-refractivity contribution is 7.94. The summed E-state index contributed by atoms with van der Waals surface area (Å²) in [7, 11) is -3.37. The minimum Gasteiger partial charge on any atom is -0.480 e. The normalized spacial score (nSPS) is 16.9. The Labute approximate surface area is 173 Å². The topological polar surface area (TPSA) is 90.0 Å². The SMILES string of the molecule is O=C(COc1ccccc1Cl)OCC(=O)N(c1ccccc1)C1C=CS(=O)(=O)C1. The summed E-state index contributed by atoms with van der Waals surface area (Å²) in [6, 6.07) is 14.6. The molecule has 1 unspecified atom stereocenters. The highest BCUT2D eigenvalue weighted by Crippen LogP contribution is 2.24. The molecule has 2 aromatic carbocycles. The maximum atomic E-state index is 12.7. The Kier molecular flexibility index (Phi) is 6.56. The van der Waals surface area contributed by atoms with Gasteiger partial charge in [-0.3, -0.25) is 4.79 Å². The van der Waals surface area contributed by atoms with Crippen molar-refractivity contribution in [2.24, 2.45) is 0 Å². The molecule has 2 aromatic rings. The van der Waals surface area contributed by atoms with Gasteiger partial charge in [0.05, 0.1) is 16.8 Å². The number of sulfone groups is 1. The minimum absolute atomic E-state index is 0.225. The quantitative estimate of drug-likeness (QED) is 0.621. The lowest BCUT2D eigenvalue weighted by Gasteiger charge is -2.27. The summed E-state index contributed by atoms with van der Waals surface area (Å²) in [5.41, 5.74) is 0.507. The number of carbonyl (C=O) groups excluding carboxylic acids is 2. The number of carbonyl (C=O) groups is 2. The summed E-state index contributed by atoms with van der Waals surface area (Å²) in [6.07, 6.45) is 1.45. The van der Waals surface area contributed by atoms with E-state index in [0.717, 1.165) is 5.41 Å². The van der Waals surface area contributed by atoms with Gasteiger partial charge < -0.3 is 14.4 Å². The number of para-hydroxylation sites is 2. The van der Waals surface area contributed by atoms with Crippen molar-refractivity contribution in [3.8, 4) is 5.75 Å². The number of ether oxygens (including phenoxy) is 2. The van der Waals surface area contributed by atoms with Gasteiger partial charge in [0.25, 0.3) is 5.91 Å². The molecule has 0 spiro atoms. The zero-order chi connectivity index (χ0) is 20.9. The average Bonchev–Trinajstić information content (AvgIpc) is 3.06. The number of halogens is 1. The van der Waals surface area contributed by atoms with E-state index in [-0.39, 0.29) is 5.75 Å². The van der Waals surface area contributed by atoms with Gasteiger partial charge in [-0.2, -0.15) is 0 Å². The average molecular weight is 436 g/mol. The molecule has 152 valence electrons. The van der Waals surface area contributed by atoms with E-state index in [4.69, 9.17) is 21.1 Å². The van der Waals surface area contributed by atoms with Crippen LogP contribution in [0.1, 0.15) is 0 Å². The van der Waals surface area contributed by atoms with Crippen LogP contribution in [0.4, 0.5) is 5.69 Å². The Balaban J connectivity index is 1.62. The van der Waals surface area contributed by atoms with Crippen molar-refractivity contribution in [2.75, 3.05) is 23.9 Å². The Morgan fingerprint density at radius 3 is 2.38 bits per heavy atom. The fraction of sp³-hybridized carbons (Fsp3) is 0.200. The maximum Gasteiger partial charge on any atom is 0.344 e. The maximum absolute atomic E-state index is 12.7. The van der Waals surface area contributed by atoms with Crippen LogP contribution in [0, 0.1) is 0 Å². The largest absolute Gasteiger partial charge is 0.480 e. The molecule has 29 heavy (non-hydrogen) atoms. The molecule has 0 aliphatic carbocycles. The third-order valence-electron chi connectivity index (χ3n) is 4.08. The van der Waals surface area contributed by atoms with E-state index in [2.05, 4.69) is 0 Å². The lowest BCUT2D eigenvalue weighted by atomic mass is 10.2. The summed E-state index contributed by atoms with van der Waals surface area (Å²) in [5.74, 6) is -1.20. The molecule has 0 aromatic heterocycles. The van der Waals surface area contributed by atoms with Gasteiger partial charge in [-0.05, 0) is 30.3 Å². The van der Waals surface area contributed by atoms with Crippen molar-refractivity contribution >= 4 is 39.0 Å². The Morgan fingerprint density at radius 1 is 1.03 bits per heavy atom. The minimum atomic E-state index is -3.37. The van der Waals surface area contributed by atoms with Crippen molar-refractivity contribution in [2.45, 2.75) is 6.04 Å². The van der Waals surface area contributed by atoms with Crippen LogP contribution in [-0.2, 0) is 24.2 Å². The first kappa shape index (κ1) is 20.9. The van der Waals surface area contributed by atoms with E-state index in [1.807, 2.05) is 0 Å². The fourth-order valence-electron chi connectivity index (χ4n) is 2.78. The Bertz CT molecular complexity index is 1020. The van der Waals surface area contributed by atoms with E-state index in [1.165, 1.54) is 11.0 Å². The van der Waals surface area contributed by atoms with Crippen molar-refractivity contribution in [1.82, 2.24) is 0 Å². The van der Waals surface area contributed by atoms with Crippen LogP contribution < -0.4 is 9.64 Å². The monoisotopic (exact) mass is 435 g/mol. The van der Waals surface area contributed by atoms with Crippen LogP contribution in [0.5, 0.6) is 5.75 Å². The second kappa shape index (κ2) is 9.11. The zero-order valence-electron chi connectivity index (χ0n) is 15.2. The Hall–Kier alpha value is -2.84. The standard InChI is InChI=1S/C20H18ClNO6S/c21-17-8-4-5-9-18(17)27-13-20(24)28-12-19(23)22(15-6-2-1-3-7-15)16-10-11-29(25,26)14-16/h1-11,16H,12-14H2. The molecule has 3 rings (SSSR count). The van der Waals surface area contributed by atoms with Gasteiger partial charge in [0.2, 0.25) is 0 Å². The molecule has 0 saturated carbocycles. The number of nitrogens with zero attached hydrogens (tertiary/aromatic N) is 1. The van der Waals surface area contributed by atoms with Crippen LogP contribution >= 0.6 is 11.6 Å². The highest BCUT2D eigenvalue weighted by atomic mass is 35.5. The van der Waals surface area contributed by atoms with Crippen molar-refractivity contribution in [1.29, 1.82) is 0 Å². The first-order chi connectivity index (χ1) is 13.9. The molecule has 0 saturated heterocycles. The second-order valence-electron chi connectivity index (χ2n) is 6.20.